The van der Waals surface area contributed by atoms with Crippen molar-refractivity contribution < 1.29 is 9.21 Å². The molecule has 1 fully saturated rings. The molecule has 206 valence electrons. The Labute approximate surface area is 230 Å². The van der Waals surface area contributed by atoms with E-state index < -0.39 is 0 Å². The molecule has 5 nitrogen and oxygen atoms in total. The molecule has 2 aliphatic rings. The zero-order valence-corrected chi connectivity index (χ0v) is 24.5. The largest absolute Gasteiger partial charge is 0.456 e. The van der Waals surface area contributed by atoms with Gasteiger partial charge in [-0.3, -0.25) is 14.6 Å². The highest BCUT2D eigenvalue weighted by molar-refractivity contribution is 5.91. The van der Waals surface area contributed by atoms with Crippen molar-refractivity contribution in [3.63, 3.8) is 0 Å². The van der Waals surface area contributed by atoms with Gasteiger partial charge in [0.25, 0.3) is 5.91 Å². The van der Waals surface area contributed by atoms with Crippen molar-refractivity contribution in [1.29, 1.82) is 0 Å². The summed E-state index contributed by atoms with van der Waals surface area (Å²) in [4.78, 5) is 19.9. The topological polar surface area (TPSA) is 39.9 Å². The lowest BCUT2D eigenvalue weighted by atomic mass is 9.62. The summed E-state index contributed by atoms with van der Waals surface area (Å²) in [7, 11) is 0. The Morgan fingerprint density at radius 1 is 1.03 bits per heavy atom. The third-order valence-corrected chi connectivity index (χ3v) is 8.79. The molecule has 1 aliphatic carbocycles. The lowest BCUT2D eigenvalue weighted by Crippen LogP contribution is -2.50. The molecule has 38 heavy (non-hydrogen) atoms. The van der Waals surface area contributed by atoms with Crippen molar-refractivity contribution in [2.45, 2.75) is 78.1 Å². The SMILES string of the molecule is C#CCN(CCC)CCN1CCN(C(=O)c2ccc(Cc3cc4c(cc3C)C(C)(C)CCC4(C)C)o2)CC1. The predicted molar refractivity (Wildman–Crippen MR) is 156 cm³/mol. The molecule has 0 radical (unpaired) electrons. The van der Waals surface area contributed by atoms with Gasteiger partial charge in [0, 0.05) is 45.7 Å². The number of hydrogen-bond acceptors (Lipinski definition) is 4. The van der Waals surface area contributed by atoms with E-state index in [0.29, 0.717) is 18.7 Å². The maximum absolute atomic E-state index is 13.2. The number of fused-ring (bicyclic) bond motifs is 1. The van der Waals surface area contributed by atoms with Crippen LogP contribution in [-0.2, 0) is 17.3 Å². The van der Waals surface area contributed by atoms with Gasteiger partial charge in [-0.2, -0.15) is 0 Å². The second-order valence-electron chi connectivity index (χ2n) is 12.6. The highest BCUT2D eigenvalue weighted by atomic mass is 16.4. The maximum atomic E-state index is 13.2. The van der Waals surface area contributed by atoms with Crippen LogP contribution >= 0.6 is 0 Å². The van der Waals surface area contributed by atoms with Crippen molar-refractivity contribution in [2.75, 3.05) is 52.4 Å². The quantitative estimate of drug-likeness (QED) is 0.404. The molecule has 1 aliphatic heterocycles. The average Bonchev–Trinajstić information content (AvgIpc) is 3.35. The lowest BCUT2D eigenvalue weighted by Gasteiger charge is -2.42. The molecule has 0 unspecified atom stereocenters. The third-order valence-electron chi connectivity index (χ3n) is 8.79. The van der Waals surface area contributed by atoms with Crippen LogP contribution in [0.15, 0.2) is 28.7 Å². The minimum absolute atomic E-state index is 0.000821. The minimum atomic E-state index is 0.000821. The summed E-state index contributed by atoms with van der Waals surface area (Å²) >= 11 is 0. The molecule has 5 heteroatoms. The average molecular weight is 518 g/mol. The van der Waals surface area contributed by atoms with Gasteiger partial charge in [0.1, 0.15) is 5.76 Å². The van der Waals surface area contributed by atoms with E-state index in [0.717, 1.165) is 58.0 Å². The second-order valence-corrected chi connectivity index (χ2v) is 12.6. The molecule has 0 saturated carbocycles. The second kappa shape index (κ2) is 11.7. The van der Waals surface area contributed by atoms with Gasteiger partial charge in [0.2, 0.25) is 0 Å². The van der Waals surface area contributed by atoms with E-state index in [2.05, 4.69) is 69.4 Å². The van der Waals surface area contributed by atoms with E-state index in [4.69, 9.17) is 10.8 Å². The molecular weight excluding hydrogens is 470 g/mol. The summed E-state index contributed by atoms with van der Waals surface area (Å²) in [5, 5.41) is 0. The van der Waals surface area contributed by atoms with Crippen molar-refractivity contribution in [2.24, 2.45) is 0 Å². The van der Waals surface area contributed by atoms with E-state index in [-0.39, 0.29) is 16.7 Å². The Balaban J connectivity index is 1.36. The monoisotopic (exact) mass is 517 g/mol. The molecule has 2 heterocycles. The van der Waals surface area contributed by atoms with Gasteiger partial charge in [-0.1, -0.05) is 52.7 Å². The van der Waals surface area contributed by atoms with E-state index in [1.165, 1.54) is 35.1 Å². The first-order valence-electron chi connectivity index (χ1n) is 14.4. The standard InChI is InChI=1S/C33H47N3O2/c1-8-14-34(15-9-2)16-17-35-18-20-36(21-19-35)31(37)30-11-10-27(38-30)23-26-24-29-28(22-25(26)3)32(4,5)12-13-33(29,6)7/h1,10-11,22,24H,9,12-21,23H2,2-7H3. The number of rotatable bonds is 9. The predicted octanol–water partition coefficient (Wildman–Crippen LogP) is 5.63. The fraction of sp³-hybridized carbons (Fsp3) is 0.606. The molecule has 0 N–H and O–H groups in total. The van der Waals surface area contributed by atoms with Crippen LogP contribution in [0.4, 0.5) is 0 Å². The summed E-state index contributed by atoms with van der Waals surface area (Å²) in [6.07, 6.45) is 9.75. The number of furan rings is 1. The first-order chi connectivity index (χ1) is 18.0. The van der Waals surface area contributed by atoms with E-state index in [1.807, 2.05) is 17.0 Å². The molecule has 0 bridgehead atoms. The number of aryl methyl sites for hydroxylation is 1. The zero-order chi connectivity index (χ0) is 27.5. The molecule has 2 aromatic rings. The van der Waals surface area contributed by atoms with Crippen LogP contribution in [0.3, 0.4) is 0 Å². The number of terminal acetylenes is 1. The van der Waals surface area contributed by atoms with Gasteiger partial charge in [0.15, 0.2) is 5.76 Å². The number of amides is 1. The minimum Gasteiger partial charge on any atom is -0.456 e. The van der Waals surface area contributed by atoms with E-state index in [1.54, 1.807) is 0 Å². The molecule has 0 spiro atoms. The number of nitrogens with zero attached hydrogens (tertiary/aromatic N) is 3. The molecule has 0 atom stereocenters. The normalized spacial score (nSPS) is 18.8. The fourth-order valence-electron chi connectivity index (χ4n) is 6.06. The van der Waals surface area contributed by atoms with Crippen LogP contribution < -0.4 is 0 Å². The summed E-state index contributed by atoms with van der Waals surface area (Å²) in [6.45, 7) is 20.8. The molecule has 4 rings (SSSR count). The summed E-state index contributed by atoms with van der Waals surface area (Å²) in [5.41, 5.74) is 5.92. The Bertz CT molecular complexity index is 1160. The first-order valence-corrected chi connectivity index (χ1v) is 14.4. The van der Waals surface area contributed by atoms with Crippen LogP contribution in [0, 0.1) is 19.3 Å². The van der Waals surface area contributed by atoms with E-state index >= 15 is 0 Å². The smallest absolute Gasteiger partial charge is 0.289 e. The third kappa shape index (κ3) is 6.35. The Kier molecular flexibility index (Phi) is 8.75. The van der Waals surface area contributed by atoms with Gasteiger partial charge in [-0.25, -0.2) is 0 Å². The maximum Gasteiger partial charge on any atom is 0.289 e. The number of carbonyl (C=O) groups excluding carboxylic acids is 1. The number of hydrogen-bond donors (Lipinski definition) is 0. The van der Waals surface area contributed by atoms with Crippen molar-refractivity contribution in [1.82, 2.24) is 14.7 Å². The van der Waals surface area contributed by atoms with Gasteiger partial charge in [-0.05, 0) is 77.9 Å². The Morgan fingerprint density at radius 2 is 1.68 bits per heavy atom. The van der Waals surface area contributed by atoms with Gasteiger partial charge in [0.05, 0.1) is 6.54 Å². The first kappa shape index (κ1) is 28.5. The van der Waals surface area contributed by atoms with Crippen LogP contribution in [-0.4, -0.2) is 73.0 Å². The van der Waals surface area contributed by atoms with Crippen molar-refractivity contribution in [3.05, 3.63) is 58.0 Å². The number of carbonyl (C=O) groups is 1. The summed E-state index contributed by atoms with van der Waals surface area (Å²) < 4.78 is 6.12. The van der Waals surface area contributed by atoms with Gasteiger partial charge < -0.3 is 9.32 Å². The molecule has 1 aromatic carbocycles. The van der Waals surface area contributed by atoms with Crippen molar-refractivity contribution in [3.8, 4) is 12.3 Å². The van der Waals surface area contributed by atoms with E-state index in [9.17, 15) is 4.79 Å². The Morgan fingerprint density at radius 3 is 2.32 bits per heavy atom. The molecule has 1 saturated heterocycles. The zero-order valence-electron chi connectivity index (χ0n) is 24.5. The summed E-state index contributed by atoms with van der Waals surface area (Å²) in [6, 6.07) is 8.63. The summed E-state index contributed by atoms with van der Waals surface area (Å²) in [5.74, 6) is 4.07. The van der Waals surface area contributed by atoms with Crippen LogP contribution in [0.1, 0.15) is 92.4 Å². The van der Waals surface area contributed by atoms with Crippen LogP contribution in [0.2, 0.25) is 0 Å². The lowest BCUT2D eigenvalue weighted by molar-refractivity contribution is 0.0593. The molecule has 1 aromatic heterocycles. The van der Waals surface area contributed by atoms with Gasteiger partial charge in [-0.15, -0.1) is 6.42 Å². The van der Waals surface area contributed by atoms with Crippen LogP contribution in [0.25, 0.3) is 0 Å². The van der Waals surface area contributed by atoms with Crippen LogP contribution in [0.5, 0.6) is 0 Å². The fourth-order valence-corrected chi connectivity index (χ4v) is 6.06. The Hall–Kier alpha value is -2.55. The highest BCUT2D eigenvalue weighted by Crippen LogP contribution is 2.46. The number of benzene rings is 1. The molecule has 1 amide bonds. The highest BCUT2D eigenvalue weighted by Gasteiger charge is 2.37. The van der Waals surface area contributed by atoms with Crippen molar-refractivity contribution >= 4 is 5.91 Å². The van der Waals surface area contributed by atoms with Gasteiger partial charge >= 0.3 is 0 Å². The molecular formula is C33H47N3O2. The number of piperazine rings is 1.